The summed E-state index contributed by atoms with van der Waals surface area (Å²) in [5.74, 6) is 3.03. The van der Waals surface area contributed by atoms with E-state index in [1.807, 2.05) is 12.1 Å². The van der Waals surface area contributed by atoms with E-state index in [1.165, 1.54) is 0 Å². The second kappa shape index (κ2) is 11.9. The molecule has 8 nitrogen and oxygen atoms in total. The van der Waals surface area contributed by atoms with Crippen molar-refractivity contribution >= 4 is 5.96 Å². The standard InChI is InChI=1S/C22H38N4O4/c1-7-23-21(25-16-22(2,3)26-10-12-30-13-11-26)24-9-8-18-19(28-5)14-17(27-4)15-20(18)29-6/h14-15H,7-13,16H2,1-6H3,(H2,23,24,25). The number of ether oxygens (including phenoxy) is 4. The van der Waals surface area contributed by atoms with Crippen LogP contribution >= 0.6 is 0 Å². The van der Waals surface area contributed by atoms with E-state index in [9.17, 15) is 0 Å². The van der Waals surface area contributed by atoms with E-state index >= 15 is 0 Å². The van der Waals surface area contributed by atoms with Gasteiger partial charge in [-0.25, -0.2) is 0 Å². The highest BCUT2D eigenvalue weighted by Gasteiger charge is 2.28. The number of hydrogen-bond donors (Lipinski definition) is 2. The topological polar surface area (TPSA) is 76.6 Å². The van der Waals surface area contributed by atoms with Crippen LogP contribution in [0.5, 0.6) is 17.2 Å². The normalized spacial score (nSPS) is 15.6. The van der Waals surface area contributed by atoms with E-state index in [1.54, 1.807) is 21.3 Å². The van der Waals surface area contributed by atoms with Crippen molar-refractivity contribution in [2.75, 3.05) is 67.3 Å². The third-order valence-electron chi connectivity index (χ3n) is 5.32. The van der Waals surface area contributed by atoms with Gasteiger partial charge in [-0.2, -0.15) is 0 Å². The summed E-state index contributed by atoms with van der Waals surface area (Å²) in [4.78, 5) is 7.27. The van der Waals surface area contributed by atoms with Crippen molar-refractivity contribution in [3.05, 3.63) is 17.7 Å². The smallest absolute Gasteiger partial charge is 0.191 e. The van der Waals surface area contributed by atoms with Gasteiger partial charge in [0.2, 0.25) is 0 Å². The van der Waals surface area contributed by atoms with Crippen LogP contribution in [-0.4, -0.2) is 83.7 Å². The summed E-state index contributed by atoms with van der Waals surface area (Å²) in [5.41, 5.74) is 0.979. The van der Waals surface area contributed by atoms with Crippen LogP contribution in [0.25, 0.3) is 0 Å². The summed E-state index contributed by atoms with van der Waals surface area (Å²) in [6, 6.07) is 3.75. The number of aliphatic imine (C=N–C) groups is 1. The molecule has 0 unspecified atom stereocenters. The quantitative estimate of drug-likeness (QED) is 0.441. The monoisotopic (exact) mass is 422 g/mol. The van der Waals surface area contributed by atoms with Crippen molar-refractivity contribution in [1.29, 1.82) is 0 Å². The molecule has 0 atom stereocenters. The van der Waals surface area contributed by atoms with Crippen molar-refractivity contribution in [1.82, 2.24) is 15.5 Å². The molecule has 1 saturated heterocycles. The lowest BCUT2D eigenvalue weighted by molar-refractivity contribution is -0.00683. The third kappa shape index (κ3) is 6.67. The van der Waals surface area contributed by atoms with Gasteiger partial charge in [0, 0.05) is 49.4 Å². The molecule has 1 aliphatic heterocycles. The Morgan fingerprint density at radius 1 is 1.07 bits per heavy atom. The van der Waals surface area contributed by atoms with Crippen LogP contribution in [0.3, 0.4) is 0 Å². The molecule has 0 amide bonds. The Labute approximate surface area is 180 Å². The largest absolute Gasteiger partial charge is 0.496 e. The predicted molar refractivity (Wildman–Crippen MR) is 120 cm³/mol. The second-order valence-corrected chi connectivity index (χ2v) is 7.79. The maximum Gasteiger partial charge on any atom is 0.191 e. The van der Waals surface area contributed by atoms with Gasteiger partial charge >= 0.3 is 0 Å². The van der Waals surface area contributed by atoms with Gasteiger partial charge in [0.1, 0.15) is 17.2 Å². The van der Waals surface area contributed by atoms with Gasteiger partial charge in [0.25, 0.3) is 0 Å². The first kappa shape index (κ1) is 24.1. The van der Waals surface area contributed by atoms with Gasteiger partial charge in [-0.05, 0) is 27.2 Å². The minimum atomic E-state index is -0.0193. The Bertz CT molecular complexity index is 663. The number of benzene rings is 1. The molecule has 0 radical (unpaired) electrons. The lowest BCUT2D eigenvalue weighted by atomic mass is 10.0. The summed E-state index contributed by atoms with van der Waals surface area (Å²) in [6.45, 7) is 12.2. The highest BCUT2D eigenvalue weighted by Crippen LogP contribution is 2.34. The van der Waals surface area contributed by atoms with Crippen LogP contribution in [0.1, 0.15) is 26.3 Å². The van der Waals surface area contributed by atoms with Crippen LogP contribution < -0.4 is 24.8 Å². The van der Waals surface area contributed by atoms with Crippen molar-refractivity contribution in [3.63, 3.8) is 0 Å². The highest BCUT2D eigenvalue weighted by atomic mass is 16.5. The molecule has 0 aromatic heterocycles. The number of hydrogen-bond acceptors (Lipinski definition) is 6. The molecule has 1 fully saturated rings. The van der Waals surface area contributed by atoms with Gasteiger partial charge in [-0.1, -0.05) is 0 Å². The van der Waals surface area contributed by atoms with Crippen LogP contribution in [-0.2, 0) is 11.2 Å². The van der Waals surface area contributed by atoms with Crippen molar-refractivity contribution in [2.45, 2.75) is 32.7 Å². The number of methoxy groups -OCH3 is 3. The number of morpholine rings is 1. The van der Waals surface area contributed by atoms with Crippen LogP contribution in [0.2, 0.25) is 0 Å². The molecular weight excluding hydrogens is 384 g/mol. The zero-order chi connectivity index (χ0) is 22.0. The summed E-state index contributed by atoms with van der Waals surface area (Å²) in [5, 5.41) is 6.76. The molecule has 1 heterocycles. The van der Waals surface area contributed by atoms with Gasteiger partial charge in [-0.15, -0.1) is 0 Å². The molecule has 0 aliphatic carbocycles. The van der Waals surface area contributed by atoms with E-state index in [2.05, 4.69) is 36.3 Å². The Kier molecular flexibility index (Phi) is 9.52. The molecule has 170 valence electrons. The summed E-state index contributed by atoms with van der Waals surface area (Å²) in [6.07, 6.45) is 0.730. The maximum absolute atomic E-state index is 5.55. The minimum Gasteiger partial charge on any atom is -0.496 e. The second-order valence-electron chi connectivity index (χ2n) is 7.79. The average Bonchev–Trinajstić information content (AvgIpc) is 2.77. The molecule has 0 spiro atoms. The van der Waals surface area contributed by atoms with E-state index in [-0.39, 0.29) is 5.54 Å². The summed E-state index contributed by atoms with van der Waals surface area (Å²) < 4.78 is 21.9. The molecule has 1 aromatic carbocycles. The zero-order valence-electron chi connectivity index (χ0n) is 19.3. The number of nitrogens with one attached hydrogen (secondary N) is 2. The molecule has 1 aliphatic rings. The molecule has 0 saturated carbocycles. The molecule has 1 aromatic rings. The molecule has 2 N–H and O–H groups in total. The van der Waals surface area contributed by atoms with E-state index in [4.69, 9.17) is 23.9 Å². The Morgan fingerprint density at radius 2 is 1.70 bits per heavy atom. The molecule has 30 heavy (non-hydrogen) atoms. The van der Waals surface area contributed by atoms with Crippen LogP contribution in [0.4, 0.5) is 0 Å². The summed E-state index contributed by atoms with van der Waals surface area (Å²) in [7, 11) is 4.95. The fourth-order valence-electron chi connectivity index (χ4n) is 3.51. The van der Waals surface area contributed by atoms with Gasteiger partial charge in [0.15, 0.2) is 5.96 Å². The highest BCUT2D eigenvalue weighted by molar-refractivity contribution is 5.79. The first-order valence-electron chi connectivity index (χ1n) is 10.6. The van der Waals surface area contributed by atoms with E-state index < -0.39 is 0 Å². The lowest BCUT2D eigenvalue weighted by Gasteiger charge is -2.39. The molecule has 0 bridgehead atoms. The molecule has 2 rings (SSSR count). The first-order valence-corrected chi connectivity index (χ1v) is 10.6. The molecular formula is C22H38N4O4. The van der Waals surface area contributed by atoms with Crippen LogP contribution in [0, 0.1) is 0 Å². The van der Waals surface area contributed by atoms with Crippen LogP contribution in [0.15, 0.2) is 17.1 Å². The van der Waals surface area contributed by atoms with Gasteiger partial charge in [-0.3, -0.25) is 9.89 Å². The fourth-order valence-corrected chi connectivity index (χ4v) is 3.51. The van der Waals surface area contributed by atoms with Crippen molar-refractivity contribution in [3.8, 4) is 17.2 Å². The van der Waals surface area contributed by atoms with Gasteiger partial charge in [0.05, 0.1) is 41.1 Å². The molecule has 8 heteroatoms. The average molecular weight is 423 g/mol. The number of nitrogens with zero attached hydrogens (tertiary/aromatic N) is 2. The zero-order valence-corrected chi connectivity index (χ0v) is 19.3. The number of rotatable bonds is 10. The first-order chi connectivity index (χ1) is 14.4. The predicted octanol–water partition coefficient (Wildman–Crippen LogP) is 1.92. The van der Waals surface area contributed by atoms with E-state index in [0.29, 0.717) is 18.8 Å². The fraction of sp³-hybridized carbons (Fsp3) is 0.682. The Morgan fingerprint density at radius 3 is 2.23 bits per heavy atom. The Balaban J connectivity index is 2.01. The number of guanidine groups is 1. The van der Waals surface area contributed by atoms with Crippen molar-refractivity contribution < 1.29 is 18.9 Å². The third-order valence-corrected chi connectivity index (χ3v) is 5.32. The van der Waals surface area contributed by atoms with Crippen molar-refractivity contribution in [2.24, 2.45) is 4.99 Å². The van der Waals surface area contributed by atoms with E-state index in [0.717, 1.165) is 62.3 Å². The Hall–Kier alpha value is -2.19. The minimum absolute atomic E-state index is 0.0193. The SMILES string of the molecule is CCNC(=NCC(C)(C)N1CCOCC1)NCCc1c(OC)cc(OC)cc1OC. The van der Waals surface area contributed by atoms with Gasteiger partial charge < -0.3 is 29.6 Å². The maximum atomic E-state index is 5.55. The summed E-state index contributed by atoms with van der Waals surface area (Å²) >= 11 is 0. The lowest BCUT2D eigenvalue weighted by Crippen LogP contribution is -2.52.